The molecule has 2 heteroatoms. The van der Waals surface area contributed by atoms with Crippen LogP contribution in [0.3, 0.4) is 0 Å². The predicted molar refractivity (Wildman–Crippen MR) is 50.2 cm³/mol. The van der Waals surface area contributed by atoms with Gasteiger partial charge in [0.1, 0.15) is 6.61 Å². The molecule has 0 saturated carbocycles. The molecule has 72 valence electrons. The second kappa shape index (κ2) is 7.29. The highest BCUT2D eigenvalue weighted by Gasteiger charge is 2.14. The molecule has 0 aliphatic carbocycles. The zero-order valence-corrected chi connectivity index (χ0v) is 8.43. The molecular formula is C10H20O2. The van der Waals surface area contributed by atoms with Gasteiger partial charge in [0.15, 0.2) is 5.78 Å². The van der Waals surface area contributed by atoms with Crippen LogP contribution < -0.4 is 0 Å². The molecule has 0 amide bonds. The molecule has 0 aliphatic rings. The smallest absolute Gasteiger partial charge is 0.161 e. The number of methoxy groups -OCH3 is 1. The molecule has 0 rings (SSSR count). The number of ketones is 1. The quantitative estimate of drug-likeness (QED) is 0.589. The maximum atomic E-state index is 11.4. The second-order valence-corrected chi connectivity index (χ2v) is 3.15. The fourth-order valence-corrected chi connectivity index (χ4v) is 1.30. The van der Waals surface area contributed by atoms with Crippen molar-refractivity contribution in [2.75, 3.05) is 13.7 Å². The van der Waals surface area contributed by atoms with E-state index in [2.05, 4.69) is 13.8 Å². The van der Waals surface area contributed by atoms with Crippen LogP contribution >= 0.6 is 0 Å². The summed E-state index contributed by atoms with van der Waals surface area (Å²) in [5.74, 6) is 0.485. The number of carbonyl (C=O) groups is 1. The predicted octanol–water partition coefficient (Wildman–Crippen LogP) is 2.42. The Bertz CT molecular complexity index is 121. The summed E-state index contributed by atoms with van der Waals surface area (Å²) in [6.45, 7) is 4.49. The van der Waals surface area contributed by atoms with Crippen molar-refractivity contribution in [3.8, 4) is 0 Å². The highest BCUT2D eigenvalue weighted by molar-refractivity contribution is 5.82. The van der Waals surface area contributed by atoms with Crippen LogP contribution in [0.2, 0.25) is 0 Å². The van der Waals surface area contributed by atoms with Gasteiger partial charge in [0.05, 0.1) is 0 Å². The monoisotopic (exact) mass is 172 g/mol. The number of unbranched alkanes of at least 4 members (excludes halogenated alkanes) is 1. The van der Waals surface area contributed by atoms with Crippen molar-refractivity contribution in [3.63, 3.8) is 0 Å². The molecule has 0 aromatic rings. The van der Waals surface area contributed by atoms with E-state index >= 15 is 0 Å². The van der Waals surface area contributed by atoms with E-state index in [1.54, 1.807) is 7.11 Å². The lowest BCUT2D eigenvalue weighted by molar-refractivity contribution is -0.126. The van der Waals surface area contributed by atoms with Crippen LogP contribution in [-0.2, 0) is 9.53 Å². The van der Waals surface area contributed by atoms with Gasteiger partial charge in [0.2, 0.25) is 0 Å². The van der Waals surface area contributed by atoms with E-state index in [0.29, 0.717) is 0 Å². The summed E-state index contributed by atoms with van der Waals surface area (Å²) >= 11 is 0. The lowest BCUT2D eigenvalue weighted by Gasteiger charge is -2.11. The Labute approximate surface area is 75.3 Å². The maximum absolute atomic E-state index is 11.4. The number of hydrogen-bond donors (Lipinski definition) is 0. The highest BCUT2D eigenvalue weighted by Crippen LogP contribution is 2.13. The maximum Gasteiger partial charge on any atom is 0.161 e. The Balaban J connectivity index is 3.71. The van der Waals surface area contributed by atoms with Crippen molar-refractivity contribution < 1.29 is 9.53 Å². The van der Waals surface area contributed by atoms with Crippen LogP contribution in [0.15, 0.2) is 0 Å². The molecule has 0 saturated heterocycles. The van der Waals surface area contributed by atoms with Crippen LogP contribution in [0.4, 0.5) is 0 Å². The summed E-state index contributed by atoms with van der Waals surface area (Å²) < 4.78 is 4.82. The zero-order valence-electron chi connectivity index (χ0n) is 8.43. The average Bonchev–Trinajstić information content (AvgIpc) is 2.06. The van der Waals surface area contributed by atoms with E-state index in [4.69, 9.17) is 4.74 Å². The lowest BCUT2D eigenvalue weighted by atomic mass is 9.95. The topological polar surface area (TPSA) is 26.3 Å². The van der Waals surface area contributed by atoms with Crippen LogP contribution in [0.1, 0.15) is 39.5 Å². The van der Waals surface area contributed by atoms with Crippen molar-refractivity contribution in [1.82, 2.24) is 0 Å². The van der Waals surface area contributed by atoms with Gasteiger partial charge in [-0.3, -0.25) is 4.79 Å². The molecule has 0 bridgehead atoms. The first-order valence-electron chi connectivity index (χ1n) is 4.77. The summed E-state index contributed by atoms with van der Waals surface area (Å²) in [7, 11) is 1.57. The first kappa shape index (κ1) is 11.6. The van der Waals surface area contributed by atoms with E-state index in [0.717, 1.165) is 25.7 Å². The Kier molecular flexibility index (Phi) is 7.06. The van der Waals surface area contributed by atoms with Gasteiger partial charge in [-0.2, -0.15) is 0 Å². The summed E-state index contributed by atoms with van der Waals surface area (Å²) in [5, 5.41) is 0. The molecular weight excluding hydrogens is 152 g/mol. The van der Waals surface area contributed by atoms with E-state index in [9.17, 15) is 4.79 Å². The zero-order chi connectivity index (χ0) is 9.40. The molecule has 0 N–H and O–H groups in total. The molecule has 0 fully saturated rings. The summed E-state index contributed by atoms with van der Waals surface area (Å²) in [6.07, 6.45) is 4.28. The van der Waals surface area contributed by atoms with Crippen molar-refractivity contribution in [1.29, 1.82) is 0 Å². The van der Waals surface area contributed by atoms with Crippen molar-refractivity contribution in [2.24, 2.45) is 5.92 Å². The largest absolute Gasteiger partial charge is 0.377 e. The van der Waals surface area contributed by atoms with E-state index in [-0.39, 0.29) is 18.3 Å². The average molecular weight is 172 g/mol. The fourth-order valence-electron chi connectivity index (χ4n) is 1.30. The van der Waals surface area contributed by atoms with Crippen LogP contribution in [0.5, 0.6) is 0 Å². The van der Waals surface area contributed by atoms with Gasteiger partial charge in [0.25, 0.3) is 0 Å². The molecule has 0 aromatic heterocycles. The SMILES string of the molecule is CCCCC(CC)C(=O)COC. The minimum absolute atomic E-state index is 0.227. The Morgan fingerprint density at radius 2 is 2.08 bits per heavy atom. The Morgan fingerprint density at radius 3 is 2.50 bits per heavy atom. The summed E-state index contributed by atoms with van der Waals surface area (Å²) in [5.41, 5.74) is 0. The molecule has 12 heavy (non-hydrogen) atoms. The van der Waals surface area contributed by atoms with E-state index in [1.807, 2.05) is 0 Å². The third-order valence-electron chi connectivity index (χ3n) is 2.14. The molecule has 1 atom stereocenters. The molecule has 1 unspecified atom stereocenters. The number of rotatable bonds is 7. The standard InChI is InChI=1S/C10H20O2/c1-4-6-7-9(5-2)10(11)8-12-3/h9H,4-8H2,1-3H3. The third kappa shape index (κ3) is 4.50. The minimum Gasteiger partial charge on any atom is -0.377 e. The molecule has 0 heterocycles. The van der Waals surface area contributed by atoms with Crippen molar-refractivity contribution in [2.45, 2.75) is 39.5 Å². The first-order valence-corrected chi connectivity index (χ1v) is 4.77. The fraction of sp³-hybridized carbons (Fsp3) is 0.900. The number of ether oxygens (including phenoxy) is 1. The Morgan fingerprint density at radius 1 is 1.42 bits per heavy atom. The third-order valence-corrected chi connectivity index (χ3v) is 2.14. The van der Waals surface area contributed by atoms with Gasteiger partial charge in [-0.05, 0) is 12.8 Å². The van der Waals surface area contributed by atoms with Gasteiger partial charge in [-0.25, -0.2) is 0 Å². The molecule has 0 aromatic carbocycles. The number of Topliss-reactive ketones (excluding diaryl/α,β-unsaturated/α-hetero) is 1. The van der Waals surface area contributed by atoms with Crippen LogP contribution in [0, 0.1) is 5.92 Å². The van der Waals surface area contributed by atoms with Crippen LogP contribution in [0.25, 0.3) is 0 Å². The molecule has 2 nitrogen and oxygen atoms in total. The van der Waals surface area contributed by atoms with Gasteiger partial charge >= 0.3 is 0 Å². The van der Waals surface area contributed by atoms with Gasteiger partial charge in [-0.15, -0.1) is 0 Å². The van der Waals surface area contributed by atoms with Crippen molar-refractivity contribution in [3.05, 3.63) is 0 Å². The summed E-state index contributed by atoms with van der Waals surface area (Å²) in [6, 6.07) is 0. The Hall–Kier alpha value is -0.370. The minimum atomic E-state index is 0.227. The van der Waals surface area contributed by atoms with Gasteiger partial charge in [-0.1, -0.05) is 26.7 Å². The summed E-state index contributed by atoms with van der Waals surface area (Å²) in [4.78, 5) is 11.4. The van der Waals surface area contributed by atoms with Crippen LogP contribution in [-0.4, -0.2) is 19.5 Å². The molecule has 0 aliphatic heterocycles. The van der Waals surface area contributed by atoms with E-state index in [1.165, 1.54) is 0 Å². The number of carbonyl (C=O) groups excluding carboxylic acids is 1. The van der Waals surface area contributed by atoms with E-state index < -0.39 is 0 Å². The highest BCUT2D eigenvalue weighted by atomic mass is 16.5. The lowest BCUT2D eigenvalue weighted by Crippen LogP contribution is -2.18. The first-order chi connectivity index (χ1) is 5.76. The second-order valence-electron chi connectivity index (χ2n) is 3.15. The molecule has 0 radical (unpaired) electrons. The van der Waals surface area contributed by atoms with Crippen molar-refractivity contribution >= 4 is 5.78 Å². The number of hydrogen-bond acceptors (Lipinski definition) is 2. The van der Waals surface area contributed by atoms with Gasteiger partial charge < -0.3 is 4.74 Å². The molecule has 0 spiro atoms. The van der Waals surface area contributed by atoms with Gasteiger partial charge in [0, 0.05) is 13.0 Å². The normalized spacial score (nSPS) is 12.9.